The second-order valence-electron chi connectivity index (χ2n) is 5.04. The van der Waals surface area contributed by atoms with Crippen LogP contribution in [0.15, 0.2) is 24.3 Å². The van der Waals surface area contributed by atoms with E-state index in [1.807, 2.05) is 12.1 Å². The summed E-state index contributed by atoms with van der Waals surface area (Å²) < 4.78 is 0. The van der Waals surface area contributed by atoms with Crippen LogP contribution in [0.5, 0.6) is 0 Å². The number of benzene rings is 1. The number of terminal acetylenes is 1. The van der Waals surface area contributed by atoms with E-state index in [0.717, 1.165) is 23.8 Å². The molecule has 1 saturated carbocycles. The third-order valence-electron chi connectivity index (χ3n) is 3.48. The Morgan fingerprint density at radius 1 is 1.39 bits per heavy atom. The van der Waals surface area contributed by atoms with E-state index in [-0.39, 0.29) is 6.04 Å². The van der Waals surface area contributed by atoms with E-state index < -0.39 is 0 Å². The van der Waals surface area contributed by atoms with Crippen LogP contribution in [-0.4, -0.2) is 6.04 Å². The number of rotatable bonds is 6. The normalized spacial score (nSPS) is 18.1. The highest BCUT2D eigenvalue weighted by atomic mass is 35.5. The van der Waals surface area contributed by atoms with Crippen molar-refractivity contribution in [3.05, 3.63) is 34.9 Å². The molecule has 2 unspecified atom stereocenters. The molecule has 96 valence electrons. The van der Waals surface area contributed by atoms with Crippen LogP contribution in [0.4, 0.5) is 0 Å². The van der Waals surface area contributed by atoms with E-state index in [9.17, 15) is 0 Å². The summed E-state index contributed by atoms with van der Waals surface area (Å²) >= 11 is 5.94. The highest BCUT2D eigenvalue weighted by Gasteiger charge is 2.33. The molecule has 0 heterocycles. The second kappa shape index (κ2) is 6.27. The summed E-state index contributed by atoms with van der Waals surface area (Å²) in [5.74, 6) is 3.60. The van der Waals surface area contributed by atoms with Crippen molar-refractivity contribution in [3.63, 3.8) is 0 Å². The van der Waals surface area contributed by atoms with E-state index in [0.29, 0.717) is 6.04 Å². The lowest BCUT2D eigenvalue weighted by Crippen LogP contribution is -2.32. The van der Waals surface area contributed by atoms with Crippen LogP contribution in [0.1, 0.15) is 44.2 Å². The quantitative estimate of drug-likeness (QED) is 0.758. The van der Waals surface area contributed by atoms with Crippen molar-refractivity contribution in [2.75, 3.05) is 0 Å². The topological polar surface area (TPSA) is 12.0 Å². The van der Waals surface area contributed by atoms with Crippen LogP contribution < -0.4 is 5.32 Å². The SMILES string of the molecule is C#CC(CCC)NC(c1ccc(Cl)cc1)C1CC1. The van der Waals surface area contributed by atoms with Crippen molar-refractivity contribution in [2.24, 2.45) is 5.92 Å². The zero-order valence-corrected chi connectivity index (χ0v) is 11.6. The fourth-order valence-corrected chi connectivity index (χ4v) is 2.45. The molecule has 1 aliphatic carbocycles. The Kier molecular flexibility index (Phi) is 4.69. The third kappa shape index (κ3) is 3.51. The van der Waals surface area contributed by atoms with Crippen molar-refractivity contribution in [1.29, 1.82) is 0 Å². The van der Waals surface area contributed by atoms with Crippen LogP contribution in [0.3, 0.4) is 0 Å². The highest BCUT2D eigenvalue weighted by Crippen LogP contribution is 2.41. The molecule has 2 atom stereocenters. The van der Waals surface area contributed by atoms with Gasteiger partial charge in [0.25, 0.3) is 0 Å². The minimum absolute atomic E-state index is 0.177. The minimum Gasteiger partial charge on any atom is -0.296 e. The zero-order chi connectivity index (χ0) is 13.0. The van der Waals surface area contributed by atoms with E-state index in [1.54, 1.807) is 0 Å². The van der Waals surface area contributed by atoms with E-state index in [2.05, 4.69) is 30.3 Å². The molecule has 0 bridgehead atoms. The Labute approximate surface area is 115 Å². The maximum absolute atomic E-state index is 5.94. The van der Waals surface area contributed by atoms with Gasteiger partial charge in [-0.2, -0.15) is 0 Å². The molecule has 1 nitrogen and oxygen atoms in total. The summed E-state index contributed by atoms with van der Waals surface area (Å²) in [6, 6.07) is 8.69. The Morgan fingerprint density at radius 2 is 2.06 bits per heavy atom. The maximum Gasteiger partial charge on any atom is 0.0691 e. The molecule has 1 fully saturated rings. The predicted octanol–water partition coefficient (Wildman–Crippen LogP) is 4.18. The van der Waals surface area contributed by atoms with Gasteiger partial charge in [0.1, 0.15) is 0 Å². The van der Waals surface area contributed by atoms with Crippen molar-refractivity contribution in [1.82, 2.24) is 5.32 Å². The smallest absolute Gasteiger partial charge is 0.0691 e. The van der Waals surface area contributed by atoms with E-state index in [4.69, 9.17) is 18.0 Å². The van der Waals surface area contributed by atoms with Gasteiger partial charge in [0, 0.05) is 11.1 Å². The first-order valence-corrected chi connectivity index (χ1v) is 7.10. The molecule has 2 rings (SSSR count). The molecule has 1 aliphatic rings. The molecule has 1 aromatic rings. The van der Waals surface area contributed by atoms with Crippen LogP contribution in [0.25, 0.3) is 0 Å². The van der Waals surface area contributed by atoms with Crippen molar-refractivity contribution >= 4 is 11.6 Å². The van der Waals surface area contributed by atoms with Gasteiger partial charge < -0.3 is 0 Å². The lowest BCUT2D eigenvalue weighted by molar-refractivity contribution is 0.432. The zero-order valence-electron chi connectivity index (χ0n) is 10.8. The van der Waals surface area contributed by atoms with E-state index >= 15 is 0 Å². The van der Waals surface area contributed by atoms with E-state index in [1.165, 1.54) is 18.4 Å². The summed E-state index contributed by atoms with van der Waals surface area (Å²) in [7, 11) is 0. The molecule has 0 saturated heterocycles. The fraction of sp³-hybridized carbons (Fsp3) is 0.500. The molecule has 1 N–H and O–H groups in total. The molecule has 18 heavy (non-hydrogen) atoms. The van der Waals surface area contributed by atoms with Gasteiger partial charge in [-0.1, -0.05) is 43.0 Å². The van der Waals surface area contributed by atoms with Crippen molar-refractivity contribution in [2.45, 2.75) is 44.7 Å². The average Bonchev–Trinajstić information content (AvgIpc) is 3.20. The molecular weight excluding hydrogens is 242 g/mol. The predicted molar refractivity (Wildman–Crippen MR) is 77.6 cm³/mol. The maximum atomic E-state index is 5.94. The lowest BCUT2D eigenvalue weighted by atomic mass is 10.0. The largest absolute Gasteiger partial charge is 0.296 e. The van der Waals surface area contributed by atoms with Crippen LogP contribution in [0.2, 0.25) is 5.02 Å². The molecule has 1 aromatic carbocycles. The second-order valence-corrected chi connectivity index (χ2v) is 5.48. The monoisotopic (exact) mass is 261 g/mol. The third-order valence-corrected chi connectivity index (χ3v) is 3.73. The molecule has 2 heteroatoms. The summed E-state index contributed by atoms with van der Waals surface area (Å²) in [5.41, 5.74) is 1.30. The molecule has 0 radical (unpaired) electrons. The summed E-state index contributed by atoms with van der Waals surface area (Å²) in [6.07, 6.45) is 10.3. The van der Waals surface area contributed by atoms with Crippen LogP contribution in [0, 0.1) is 18.3 Å². The summed E-state index contributed by atoms with van der Waals surface area (Å²) in [4.78, 5) is 0. The molecule has 0 amide bonds. The Hall–Kier alpha value is -0.970. The van der Waals surface area contributed by atoms with Gasteiger partial charge in [-0.3, -0.25) is 5.32 Å². The summed E-state index contributed by atoms with van der Waals surface area (Å²) in [6.45, 7) is 2.17. The van der Waals surface area contributed by atoms with Crippen LogP contribution >= 0.6 is 11.6 Å². The van der Waals surface area contributed by atoms with Crippen molar-refractivity contribution in [3.8, 4) is 12.3 Å². The molecule has 0 aromatic heterocycles. The average molecular weight is 262 g/mol. The van der Waals surface area contributed by atoms with Gasteiger partial charge >= 0.3 is 0 Å². The minimum atomic E-state index is 0.177. The lowest BCUT2D eigenvalue weighted by Gasteiger charge is -2.23. The number of halogens is 1. The standard InChI is InChI=1S/C16H20ClN/c1-3-5-15(4-2)18-16(12-6-7-12)13-8-10-14(17)11-9-13/h2,8-12,15-16,18H,3,5-7H2,1H3. The first-order chi connectivity index (χ1) is 8.74. The van der Waals surface area contributed by atoms with Gasteiger partial charge in [0.05, 0.1) is 6.04 Å². The first-order valence-electron chi connectivity index (χ1n) is 6.72. The molecule has 0 aliphatic heterocycles. The fourth-order valence-electron chi connectivity index (χ4n) is 2.32. The Morgan fingerprint density at radius 3 is 2.56 bits per heavy atom. The van der Waals surface area contributed by atoms with Gasteiger partial charge in [-0.25, -0.2) is 0 Å². The number of hydrogen-bond acceptors (Lipinski definition) is 1. The number of nitrogens with one attached hydrogen (secondary N) is 1. The van der Waals surface area contributed by atoms with Gasteiger partial charge in [-0.15, -0.1) is 6.42 Å². The first kappa shape index (κ1) is 13.5. The van der Waals surface area contributed by atoms with Crippen LogP contribution in [-0.2, 0) is 0 Å². The Bertz CT molecular complexity index is 414. The van der Waals surface area contributed by atoms with Gasteiger partial charge in [-0.05, 0) is 42.9 Å². The highest BCUT2D eigenvalue weighted by molar-refractivity contribution is 6.30. The number of hydrogen-bond donors (Lipinski definition) is 1. The van der Waals surface area contributed by atoms with Gasteiger partial charge in [0.2, 0.25) is 0 Å². The van der Waals surface area contributed by atoms with Crippen molar-refractivity contribution < 1.29 is 0 Å². The van der Waals surface area contributed by atoms with Gasteiger partial charge in [0.15, 0.2) is 0 Å². The summed E-state index contributed by atoms with van der Waals surface area (Å²) in [5, 5.41) is 4.41. The molecule has 0 spiro atoms. The molecular formula is C16H20ClN. The Balaban J connectivity index is 2.08.